The lowest BCUT2D eigenvalue weighted by molar-refractivity contribution is -0.272. The maximum absolute atomic E-state index is 13.1. The number of hydrogen-bond acceptors (Lipinski definition) is 4. The molecule has 1 atom stereocenters. The summed E-state index contributed by atoms with van der Waals surface area (Å²) < 4.78 is 45.2. The Morgan fingerprint density at radius 1 is 1.52 bits per heavy atom. The number of nitrogens with zero attached hydrogens (tertiary/aromatic N) is 2. The highest BCUT2D eigenvalue weighted by Gasteiger charge is 2.57. The molecule has 0 fully saturated rings. The second-order valence-corrected chi connectivity index (χ2v) is 4.56. The van der Waals surface area contributed by atoms with Crippen LogP contribution in [0.4, 0.5) is 13.2 Å². The third-order valence-electron chi connectivity index (χ3n) is 3.00. The van der Waals surface area contributed by atoms with Crippen LogP contribution in [-0.4, -0.2) is 47.0 Å². The van der Waals surface area contributed by atoms with Crippen molar-refractivity contribution in [2.75, 3.05) is 20.3 Å². The minimum absolute atomic E-state index is 0.0450. The van der Waals surface area contributed by atoms with E-state index in [4.69, 9.17) is 0 Å². The first kappa shape index (κ1) is 17.4. The number of aryl methyl sites for hydroxylation is 1. The normalized spacial score (nSPS) is 14.8. The summed E-state index contributed by atoms with van der Waals surface area (Å²) in [6.45, 7) is -0.153. The number of amides is 1. The number of imidazole rings is 1. The van der Waals surface area contributed by atoms with Crippen molar-refractivity contribution >= 4 is 5.91 Å². The molecule has 0 radical (unpaired) electrons. The Balaban J connectivity index is 2.73. The summed E-state index contributed by atoms with van der Waals surface area (Å²) in [5.74, 6) is -0.956. The Bertz CT molecular complexity index is 476. The van der Waals surface area contributed by atoms with Crippen LogP contribution < -0.4 is 5.32 Å². The SMILES string of the molecule is COCCC(=O)NCCC(O)(c1nccn1C)C(F)(F)F. The molecule has 2 N–H and O–H groups in total. The van der Waals surface area contributed by atoms with Gasteiger partial charge in [0.2, 0.25) is 11.5 Å². The van der Waals surface area contributed by atoms with Crippen LogP contribution in [0.1, 0.15) is 18.7 Å². The van der Waals surface area contributed by atoms with Crippen molar-refractivity contribution in [1.82, 2.24) is 14.9 Å². The summed E-state index contributed by atoms with van der Waals surface area (Å²) in [6.07, 6.45) is -3.10. The highest BCUT2D eigenvalue weighted by Crippen LogP contribution is 2.40. The lowest BCUT2D eigenvalue weighted by atomic mass is 9.97. The number of aromatic nitrogens is 2. The van der Waals surface area contributed by atoms with Crippen molar-refractivity contribution in [3.05, 3.63) is 18.2 Å². The predicted octanol–water partition coefficient (Wildman–Crippen LogP) is 0.713. The van der Waals surface area contributed by atoms with E-state index in [2.05, 4.69) is 15.0 Å². The van der Waals surface area contributed by atoms with Crippen LogP contribution in [0.25, 0.3) is 0 Å². The average Bonchev–Trinajstić information content (AvgIpc) is 2.81. The van der Waals surface area contributed by atoms with Gasteiger partial charge in [0.1, 0.15) is 5.82 Å². The van der Waals surface area contributed by atoms with Gasteiger partial charge in [-0.05, 0) is 0 Å². The molecule has 1 aromatic heterocycles. The zero-order valence-corrected chi connectivity index (χ0v) is 11.8. The Hall–Kier alpha value is -1.61. The summed E-state index contributed by atoms with van der Waals surface area (Å²) in [7, 11) is 2.77. The third kappa shape index (κ3) is 4.18. The summed E-state index contributed by atoms with van der Waals surface area (Å²) >= 11 is 0. The number of nitrogens with one attached hydrogen (secondary N) is 1. The minimum atomic E-state index is -4.90. The first-order chi connectivity index (χ1) is 9.72. The van der Waals surface area contributed by atoms with Crippen LogP contribution in [-0.2, 0) is 22.2 Å². The minimum Gasteiger partial charge on any atom is -0.384 e. The fraction of sp³-hybridized carbons (Fsp3) is 0.667. The van der Waals surface area contributed by atoms with E-state index >= 15 is 0 Å². The third-order valence-corrected chi connectivity index (χ3v) is 3.00. The highest BCUT2D eigenvalue weighted by atomic mass is 19.4. The number of hydrogen-bond donors (Lipinski definition) is 2. The van der Waals surface area contributed by atoms with Gasteiger partial charge in [-0.15, -0.1) is 0 Å². The van der Waals surface area contributed by atoms with Crippen LogP contribution in [0.5, 0.6) is 0 Å². The maximum Gasteiger partial charge on any atom is 0.424 e. The average molecular weight is 309 g/mol. The molecule has 1 rings (SSSR count). The predicted molar refractivity (Wildman–Crippen MR) is 67.3 cm³/mol. The fourth-order valence-corrected chi connectivity index (χ4v) is 1.81. The molecule has 9 heteroatoms. The lowest BCUT2D eigenvalue weighted by Gasteiger charge is -2.29. The Labute approximate surface area is 119 Å². The van der Waals surface area contributed by atoms with Gasteiger partial charge in [-0.25, -0.2) is 4.98 Å². The zero-order valence-electron chi connectivity index (χ0n) is 11.8. The van der Waals surface area contributed by atoms with Crippen molar-refractivity contribution in [3.63, 3.8) is 0 Å². The molecule has 1 amide bonds. The number of halogens is 3. The first-order valence-electron chi connectivity index (χ1n) is 6.25. The zero-order chi connectivity index (χ0) is 16.1. The van der Waals surface area contributed by atoms with Gasteiger partial charge in [0.05, 0.1) is 6.61 Å². The molecular formula is C12H18F3N3O3. The molecule has 0 saturated carbocycles. The molecule has 0 saturated heterocycles. The standard InChI is InChI=1S/C12H18F3N3O3/c1-18-7-6-17-10(18)11(20,12(13,14)15)4-5-16-9(19)3-8-21-2/h6-7,20H,3-5,8H2,1-2H3,(H,16,19). The highest BCUT2D eigenvalue weighted by molar-refractivity contribution is 5.75. The van der Waals surface area contributed by atoms with Crippen molar-refractivity contribution in [2.45, 2.75) is 24.6 Å². The van der Waals surface area contributed by atoms with Crippen molar-refractivity contribution in [3.8, 4) is 0 Å². The van der Waals surface area contributed by atoms with E-state index in [1.807, 2.05) is 0 Å². The number of aliphatic hydroxyl groups is 1. The van der Waals surface area contributed by atoms with Gasteiger partial charge in [0.25, 0.3) is 0 Å². The van der Waals surface area contributed by atoms with Crippen molar-refractivity contribution < 1.29 is 27.8 Å². The van der Waals surface area contributed by atoms with E-state index in [1.54, 1.807) is 0 Å². The summed E-state index contributed by atoms with van der Waals surface area (Å²) in [4.78, 5) is 14.9. The van der Waals surface area contributed by atoms with E-state index in [9.17, 15) is 23.1 Å². The molecule has 0 spiro atoms. The molecule has 0 aromatic carbocycles. The largest absolute Gasteiger partial charge is 0.424 e. The maximum atomic E-state index is 13.1. The van der Waals surface area contributed by atoms with Crippen molar-refractivity contribution in [2.24, 2.45) is 7.05 Å². The molecular weight excluding hydrogens is 291 g/mol. The van der Waals surface area contributed by atoms with Gasteiger partial charge < -0.3 is 19.7 Å². The van der Waals surface area contributed by atoms with Gasteiger partial charge in [-0.3, -0.25) is 4.79 Å². The monoisotopic (exact) mass is 309 g/mol. The lowest BCUT2D eigenvalue weighted by Crippen LogP contribution is -2.46. The molecule has 6 nitrogen and oxygen atoms in total. The molecule has 21 heavy (non-hydrogen) atoms. The van der Waals surface area contributed by atoms with Crippen LogP contribution in [0.3, 0.4) is 0 Å². The Kier molecular flexibility index (Phi) is 5.73. The molecule has 0 bridgehead atoms. The van der Waals surface area contributed by atoms with Gasteiger partial charge in [0, 0.05) is 45.9 Å². The molecule has 1 unspecified atom stereocenters. The van der Waals surface area contributed by atoms with Crippen LogP contribution in [0, 0.1) is 0 Å². The smallest absolute Gasteiger partial charge is 0.384 e. The molecule has 120 valence electrons. The van der Waals surface area contributed by atoms with E-state index in [1.165, 1.54) is 26.6 Å². The number of carbonyl (C=O) groups excluding carboxylic acids is 1. The summed E-state index contributed by atoms with van der Waals surface area (Å²) in [5.41, 5.74) is -3.11. The summed E-state index contributed by atoms with van der Waals surface area (Å²) in [5, 5.41) is 12.3. The number of carbonyl (C=O) groups is 1. The molecule has 0 aliphatic heterocycles. The topological polar surface area (TPSA) is 76.4 Å². The Morgan fingerprint density at radius 2 is 2.19 bits per heavy atom. The van der Waals surface area contributed by atoms with Crippen molar-refractivity contribution in [1.29, 1.82) is 0 Å². The van der Waals surface area contributed by atoms with E-state index in [0.29, 0.717) is 0 Å². The van der Waals surface area contributed by atoms with Crippen LogP contribution in [0.15, 0.2) is 12.4 Å². The number of methoxy groups -OCH3 is 1. The van der Waals surface area contributed by atoms with Gasteiger partial charge >= 0.3 is 6.18 Å². The first-order valence-corrected chi connectivity index (χ1v) is 6.25. The second-order valence-electron chi connectivity index (χ2n) is 4.56. The number of alkyl halides is 3. The van der Waals surface area contributed by atoms with Crippen LogP contribution >= 0.6 is 0 Å². The van der Waals surface area contributed by atoms with Gasteiger partial charge in [-0.1, -0.05) is 0 Å². The number of ether oxygens (including phenoxy) is 1. The molecule has 1 heterocycles. The molecule has 1 aromatic rings. The molecule has 0 aliphatic carbocycles. The number of rotatable bonds is 7. The second kappa shape index (κ2) is 6.90. The summed E-state index contributed by atoms with van der Waals surface area (Å²) in [6, 6.07) is 0. The van der Waals surface area contributed by atoms with Crippen LogP contribution in [0.2, 0.25) is 0 Å². The Morgan fingerprint density at radius 3 is 2.67 bits per heavy atom. The quantitative estimate of drug-likeness (QED) is 0.778. The van der Waals surface area contributed by atoms with Gasteiger partial charge in [0.15, 0.2) is 0 Å². The van der Waals surface area contributed by atoms with E-state index in [0.717, 1.165) is 4.57 Å². The van der Waals surface area contributed by atoms with E-state index in [-0.39, 0.29) is 19.6 Å². The van der Waals surface area contributed by atoms with E-state index < -0.39 is 29.9 Å². The molecule has 0 aliphatic rings. The van der Waals surface area contributed by atoms with Gasteiger partial charge in [-0.2, -0.15) is 13.2 Å². The fourth-order valence-electron chi connectivity index (χ4n) is 1.81.